The Morgan fingerprint density at radius 2 is 1.71 bits per heavy atom. The summed E-state index contributed by atoms with van der Waals surface area (Å²) in [6, 6.07) is 10.6. The van der Waals surface area contributed by atoms with Crippen molar-refractivity contribution in [2.24, 2.45) is 0 Å². The first-order valence-corrected chi connectivity index (χ1v) is 7.77. The molecule has 1 unspecified atom stereocenters. The lowest BCUT2D eigenvalue weighted by Gasteiger charge is -2.18. The van der Waals surface area contributed by atoms with Gasteiger partial charge in [-0.15, -0.1) is 0 Å². The molecule has 1 heterocycles. The monoisotopic (exact) mass is 347 g/mol. The molecule has 0 radical (unpaired) electrons. The summed E-state index contributed by atoms with van der Waals surface area (Å²) in [5.41, 5.74) is 4.77. The number of anilines is 1. The van der Waals surface area contributed by atoms with Gasteiger partial charge < -0.3 is 14.8 Å². The highest BCUT2D eigenvalue weighted by Gasteiger charge is 2.16. The minimum absolute atomic E-state index is 0.194. The third-order valence-corrected chi connectivity index (χ3v) is 4.97. The number of benzene rings is 2. The molecule has 0 spiro atoms. The molecule has 21 heavy (non-hydrogen) atoms. The number of hydrogen-bond donors (Lipinski definition) is 1. The molecule has 4 heteroatoms. The summed E-state index contributed by atoms with van der Waals surface area (Å²) in [7, 11) is 0. The van der Waals surface area contributed by atoms with Crippen molar-refractivity contribution in [1.29, 1.82) is 0 Å². The molecule has 1 aliphatic heterocycles. The van der Waals surface area contributed by atoms with E-state index < -0.39 is 0 Å². The van der Waals surface area contributed by atoms with Gasteiger partial charge in [-0.25, -0.2) is 0 Å². The molecule has 110 valence electrons. The van der Waals surface area contributed by atoms with E-state index in [4.69, 9.17) is 9.47 Å². The fraction of sp³-hybridized carbons (Fsp3) is 0.294. The topological polar surface area (TPSA) is 30.5 Å². The van der Waals surface area contributed by atoms with E-state index in [-0.39, 0.29) is 6.04 Å². The molecule has 0 aliphatic carbocycles. The van der Waals surface area contributed by atoms with E-state index in [1.54, 1.807) is 0 Å². The van der Waals surface area contributed by atoms with Gasteiger partial charge in [0.15, 0.2) is 11.5 Å². The minimum atomic E-state index is 0.194. The van der Waals surface area contributed by atoms with Gasteiger partial charge in [-0.05, 0) is 61.7 Å². The van der Waals surface area contributed by atoms with Gasteiger partial charge in [-0.1, -0.05) is 22.0 Å². The number of fused-ring (bicyclic) bond motifs is 1. The van der Waals surface area contributed by atoms with Crippen LogP contribution in [0, 0.1) is 13.8 Å². The summed E-state index contributed by atoms with van der Waals surface area (Å²) in [5.74, 6) is 1.64. The van der Waals surface area contributed by atoms with E-state index in [0.717, 1.165) is 17.2 Å². The number of ether oxygens (including phenoxy) is 2. The first-order valence-electron chi connectivity index (χ1n) is 6.97. The molecule has 0 amide bonds. The molecule has 0 aromatic heterocycles. The maximum atomic E-state index is 5.44. The highest BCUT2D eigenvalue weighted by molar-refractivity contribution is 9.10. The lowest BCUT2D eigenvalue weighted by atomic mass is 10.1. The number of aryl methyl sites for hydroxylation is 2. The van der Waals surface area contributed by atoms with Gasteiger partial charge >= 0.3 is 0 Å². The maximum absolute atomic E-state index is 5.44. The van der Waals surface area contributed by atoms with Crippen LogP contribution in [-0.4, -0.2) is 6.79 Å². The number of halogens is 1. The van der Waals surface area contributed by atoms with Crippen molar-refractivity contribution in [2.75, 3.05) is 12.1 Å². The van der Waals surface area contributed by atoms with Crippen LogP contribution < -0.4 is 14.8 Å². The molecule has 2 aromatic rings. The molecule has 0 saturated carbocycles. The summed E-state index contributed by atoms with van der Waals surface area (Å²) >= 11 is 3.60. The van der Waals surface area contributed by atoms with Crippen molar-refractivity contribution in [3.05, 3.63) is 51.5 Å². The molecule has 2 aromatic carbocycles. The largest absolute Gasteiger partial charge is 0.454 e. The van der Waals surface area contributed by atoms with Crippen LogP contribution in [0.2, 0.25) is 0 Å². The number of nitrogens with one attached hydrogen (secondary N) is 1. The SMILES string of the molecule is Cc1cc(NC(C)c2ccc3c(c2)OCO3)cc(C)c1Br. The van der Waals surface area contributed by atoms with Gasteiger partial charge in [0.1, 0.15) is 0 Å². The lowest BCUT2D eigenvalue weighted by molar-refractivity contribution is 0.174. The highest BCUT2D eigenvalue weighted by atomic mass is 79.9. The van der Waals surface area contributed by atoms with Crippen molar-refractivity contribution >= 4 is 21.6 Å². The van der Waals surface area contributed by atoms with Crippen molar-refractivity contribution in [1.82, 2.24) is 0 Å². The smallest absolute Gasteiger partial charge is 0.231 e. The lowest BCUT2D eigenvalue weighted by Crippen LogP contribution is -2.07. The Balaban J connectivity index is 1.81. The van der Waals surface area contributed by atoms with E-state index >= 15 is 0 Å². The third-order valence-electron chi connectivity index (χ3n) is 3.72. The average Bonchev–Trinajstić information content (AvgIpc) is 2.91. The quantitative estimate of drug-likeness (QED) is 0.850. The second kappa shape index (κ2) is 5.60. The third kappa shape index (κ3) is 2.86. The van der Waals surface area contributed by atoms with Crippen LogP contribution in [0.1, 0.15) is 29.7 Å². The van der Waals surface area contributed by atoms with Crippen LogP contribution in [0.4, 0.5) is 5.69 Å². The van der Waals surface area contributed by atoms with Crippen molar-refractivity contribution in [3.8, 4) is 11.5 Å². The van der Waals surface area contributed by atoms with Crippen molar-refractivity contribution in [3.63, 3.8) is 0 Å². The highest BCUT2D eigenvalue weighted by Crippen LogP contribution is 2.35. The Labute approximate surface area is 133 Å². The molecular weight excluding hydrogens is 330 g/mol. The predicted molar refractivity (Wildman–Crippen MR) is 88.2 cm³/mol. The average molecular weight is 348 g/mol. The maximum Gasteiger partial charge on any atom is 0.231 e. The summed E-state index contributed by atoms with van der Waals surface area (Å²) in [4.78, 5) is 0. The van der Waals surface area contributed by atoms with Crippen molar-refractivity contribution in [2.45, 2.75) is 26.8 Å². The molecule has 1 N–H and O–H groups in total. The minimum Gasteiger partial charge on any atom is -0.454 e. The first-order chi connectivity index (χ1) is 10.0. The van der Waals surface area contributed by atoms with E-state index in [9.17, 15) is 0 Å². The fourth-order valence-electron chi connectivity index (χ4n) is 2.55. The standard InChI is InChI=1S/C17H18BrNO2/c1-10-6-14(7-11(2)17(10)18)19-12(3)13-4-5-15-16(8-13)21-9-20-15/h4-8,12,19H,9H2,1-3H3. The van der Waals surface area contributed by atoms with E-state index in [0.29, 0.717) is 6.79 Å². The van der Waals surface area contributed by atoms with Gasteiger partial charge in [-0.2, -0.15) is 0 Å². The Morgan fingerprint density at radius 1 is 1.05 bits per heavy atom. The van der Waals surface area contributed by atoms with Gasteiger partial charge in [0.25, 0.3) is 0 Å². The Hall–Kier alpha value is -1.68. The summed E-state index contributed by atoms with van der Waals surface area (Å²) < 4.78 is 12.0. The zero-order valence-corrected chi connectivity index (χ0v) is 14.0. The zero-order chi connectivity index (χ0) is 15.0. The van der Waals surface area contributed by atoms with Crippen LogP contribution in [0.3, 0.4) is 0 Å². The molecule has 0 fully saturated rings. The Kier molecular flexibility index (Phi) is 3.81. The number of rotatable bonds is 3. The molecule has 1 aliphatic rings. The van der Waals surface area contributed by atoms with Gasteiger partial charge in [0, 0.05) is 16.2 Å². The fourth-order valence-corrected chi connectivity index (χ4v) is 2.77. The molecule has 3 nitrogen and oxygen atoms in total. The zero-order valence-electron chi connectivity index (χ0n) is 12.4. The summed E-state index contributed by atoms with van der Waals surface area (Å²) in [6.45, 7) is 6.66. The Bertz CT molecular complexity index is 661. The van der Waals surface area contributed by atoms with Gasteiger partial charge in [0.05, 0.1) is 0 Å². The predicted octanol–water partition coefficient (Wildman–Crippen LogP) is 4.97. The van der Waals surface area contributed by atoms with Crippen LogP contribution >= 0.6 is 15.9 Å². The van der Waals surface area contributed by atoms with Crippen LogP contribution in [0.15, 0.2) is 34.8 Å². The molecular formula is C17H18BrNO2. The summed E-state index contributed by atoms with van der Waals surface area (Å²) in [6.07, 6.45) is 0. The van der Waals surface area contributed by atoms with E-state index in [2.05, 4.69) is 60.2 Å². The number of hydrogen-bond acceptors (Lipinski definition) is 3. The van der Waals surface area contributed by atoms with Crippen molar-refractivity contribution < 1.29 is 9.47 Å². The van der Waals surface area contributed by atoms with Gasteiger partial charge in [-0.3, -0.25) is 0 Å². The second-order valence-corrected chi connectivity index (χ2v) is 6.20. The first kappa shape index (κ1) is 14.3. The van der Waals surface area contributed by atoms with Crippen LogP contribution in [-0.2, 0) is 0 Å². The Morgan fingerprint density at radius 3 is 2.43 bits per heavy atom. The molecule has 1 atom stereocenters. The second-order valence-electron chi connectivity index (χ2n) is 5.40. The van der Waals surface area contributed by atoms with Gasteiger partial charge in [0.2, 0.25) is 6.79 Å². The molecule has 3 rings (SSSR count). The van der Waals surface area contributed by atoms with Crippen LogP contribution in [0.25, 0.3) is 0 Å². The molecule has 0 bridgehead atoms. The van der Waals surface area contributed by atoms with E-state index in [1.807, 2.05) is 12.1 Å². The van der Waals surface area contributed by atoms with Crippen LogP contribution in [0.5, 0.6) is 11.5 Å². The van der Waals surface area contributed by atoms with E-state index in [1.165, 1.54) is 21.2 Å². The molecule has 0 saturated heterocycles. The normalized spacial score (nSPS) is 14.1. The summed E-state index contributed by atoms with van der Waals surface area (Å²) in [5, 5.41) is 3.54.